The zero-order chi connectivity index (χ0) is 12.0. The highest BCUT2D eigenvalue weighted by atomic mass is 16.3. The summed E-state index contributed by atoms with van der Waals surface area (Å²) in [7, 11) is 0. The minimum Gasteiger partial charge on any atom is -0.395 e. The first-order chi connectivity index (χ1) is 7.67. The average molecular weight is 230 g/mol. The van der Waals surface area contributed by atoms with E-state index in [-0.39, 0.29) is 12.7 Å². The van der Waals surface area contributed by atoms with Crippen LogP contribution in [0.3, 0.4) is 0 Å². The van der Waals surface area contributed by atoms with Crippen molar-refractivity contribution in [3.8, 4) is 0 Å². The molecule has 1 heterocycles. The van der Waals surface area contributed by atoms with Crippen LogP contribution < -0.4 is 5.32 Å². The second-order valence-corrected chi connectivity index (χ2v) is 4.87. The Kier molecular flexibility index (Phi) is 6.28. The Bertz CT molecular complexity index is 188. The molecule has 0 saturated carbocycles. The van der Waals surface area contributed by atoms with Crippen molar-refractivity contribution in [1.29, 1.82) is 0 Å². The van der Waals surface area contributed by atoms with Gasteiger partial charge in [0.2, 0.25) is 0 Å². The van der Waals surface area contributed by atoms with Crippen LogP contribution in [0.25, 0.3) is 0 Å². The summed E-state index contributed by atoms with van der Waals surface area (Å²) in [5, 5.41) is 21.9. The van der Waals surface area contributed by atoms with E-state index in [1.54, 1.807) is 0 Å². The predicted octanol–water partition coefficient (Wildman–Crippen LogP) is 0.0496. The third kappa shape index (κ3) is 4.37. The number of hydrogen-bond acceptors (Lipinski definition) is 4. The van der Waals surface area contributed by atoms with Gasteiger partial charge in [-0.3, -0.25) is 0 Å². The van der Waals surface area contributed by atoms with Crippen molar-refractivity contribution in [2.75, 3.05) is 32.8 Å². The van der Waals surface area contributed by atoms with Crippen LogP contribution in [0.4, 0.5) is 0 Å². The minimum absolute atomic E-state index is 0.184. The Morgan fingerprint density at radius 3 is 2.75 bits per heavy atom. The van der Waals surface area contributed by atoms with E-state index in [4.69, 9.17) is 5.11 Å². The Morgan fingerprint density at radius 1 is 1.44 bits per heavy atom. The summed E-state index contributed by atoms with van der Waals surface area (Å²) in [5.74, 6) is 0.358. The topological polar surface area (TPSA) is 55.7 Å². The number of aliphatic hydroxyl groups is 2. The number of nitrogens with one attached hydrogen (secondary N) is 1. The van der Waals surface area contributed by atoms with Crippen molar-refractivity contribution in [1.82, 2.24) is 10.2 Å². The van der Waals surface area contributed by atoms with Crippen LogP contribution in [0.15, 0.2) is 0 Å². The van der Waals surface area contributed by atoms with Crippen LogP contribution in [0.2, 0.25) is 0 Å². The first-order valence-electron chi connectivity index (χ1n) is 6.42. The van der Waals surface area contributed by atoms with Gasteiger partial charge in [0.25, 0.3) is 0 Å². The molecule has 3 unspecified atom stereocenters. The van der Waals surface area contributed by atoms with Gasteiger partial charge in [-0.1, -0.05) is 6.92 Å². The molecule has 1 rings (SSSR count). The van der Waals surface area contributed by atoms with Crippen LogP contribution in [-0.4, -0.2) is 60.0 Å². The predicted molar refractivity (Wildman–Crippen MR) is 65.4 cm³/mol. The molecule has 4 heteroatoms. The smallest absolute Gasteiger partial charge is 0.0556 e. The summed E-state index contributed by atoms with van der Waals surface area (Å²) in [6.07, 6.45) is 1.93. The van der Waals surface area contributed by atoms with Gasteiger partial charge in [-0.15, -0.1) is 0 Å². The molecule has 0 spiro atoms. The van der Waals surface area contributed by atoms with Crippen LogP contribution in [0, 0.1) is 5.92 Å². The SMILES string of the molecule is CCCN1CC(NCCO)CC(C(C)O)C1. The second kappa shape index (κ2) is 7.22. The zero-order valence-corrected chi connectivity index (χ0v) is 10.5. The molecule has 0 aromatic rings. The van der Waals surface area contributed by atoms with Gasteiger partial charge in [0, 0.05) is 25.7 Å². The van der Waals surface area contributed by atoms with Crippen LogP contribution in [0.5, 0.6) is 0 Å². The Morgan fingerprint density at radius 2 is 2.19 bits per heavy atom. The lowest BCUT2D eigenvalue weighted by atomic mass is 9.90. The van der Waals surface area contributed by atoms with E-state index < -0.39 is 0 Å². The fraction of sp³-hybridized carbons (Fsp3) is 1.00. The molecule has 16 heavy (non-hydrogen) atoms. The molecule has 96 valence electrons. The lowest BCUT2D eigenvalue weighted by Gasteiger charge is -2.39. The molecule has 0 bridgehead atoms. The maximum absolute atomic E-state index is 9.70. The number of nitrogens with zero attached hydrogens (tertiary/aromatic N) is 1. The van der Waals surface area contributed by atoms with Gasteiger partial charge in [0.15, 0.2) is 0 Å². The van der Waals surface area contributed by atoms with Gasteiger partial charge in [-0.05, 0) is 32.2 Å². The van der Waals surface area contributed by atoms with E-state index in [0.29, 0.717) is 18.5 Å². The maximum atomic E-state index is 9.70. The highest BCUT2D eigenvalue weighted by Gasteiger charge is 2.28. The molecule has 1 saturated heterocycles. The van der Waals surface area contributed by atoms with Gasteiger partial charge >= 0.3 is 0 Å². The van der Waals surface area contributed by atoms with Gasteiger partial charge in [-0.25, -0.2) is 0 Å². The number of aliphatic hydroxyl groups excluding tert-OH is 2. The number of likely N-dealkylation sites (tertiary alicyclic amines) is 1. The fourth-order valence-electron chi connectivity index (χ4n) is 2.50. The quantitative estimate of drug-likeness (QED) is 0.603. The van der Waals surface area contributed by atoms with E-state index in [0.717, 1.165) is 32.5 Å². The summed E-state index contributed by atoms with van der Waals surface area (Å²) >= 11 is 0. The lowest BCUT2D eigenvalue weighted by Crippen LogP contribution is -2.51. The number of piperidine rings is 1. The van der Waals surface area contributed by atoms with Gasteiger partial charge < -0.3 is 20.4 Å². The summed E-state index contributed by atoms with van der Waals surface area (Å²) in [4.78, 5) is 2.41. The van der Waals surface area contributed by atoms with Gasteiger partial charge in [0.05, 0.1) is 12.7 Å². The monoisotopic (exact) mass is 230 g/mol. The van der Waals surface area contributed by atoms with Crippen molar-refractivity contribution >= 4 is 0 Å². The molecule has 4 nitrogen and oxygen atoms in total. The number of rotatable bonds is 6. The zero-order valence-electron chi connectivity index (χ0n) is 10.5. The second-order valence-electron chi connectivity index (χ2n) is 4.87. The van der Waals surface area contributed by atoms with Crippen molar-refractivity contribution < 1.29 is 10.2 Å². The molecular formula is C12H26N2O2. The highest BCUT2D eigenvalue weighted by molar-refractivity contribution is 4.85. The van der Waals surface area contributed by atoms with E-state index in [1.165, 1.54) is 0 Å². The van der Waals surface area contributed by atoms with Crippen molar-refractivity contribution in [3.63, 3.8) is 0 Å². The van der Waals surface area contributed by atoms with E-state index in [1.807, 2.05) is 6.92 Å². The van der Waals surface area contributed by atoms with Crippen LogP contribution >= 0.6 is 0 Å². The number of hydrogen-bond donors (Lipinski definition) is 3. The molecule has 0 aromatic carbocycles. The normalized spacial score (nSPS) is 29.2. The first-order valence-corrected chi connectivity index (χ1v) is 6.42. The van der Waals surface area contributed by atoms with Crippen molar-refractivity contribution in [2.24, 2.45) is 5.92 Å². The molecule has 3 N–H and O–H groups in total. The van der Waals surface area contributed by atoms with Crippen molar-refractivity contribution in [3.05, 3.63) is 0 Å². The molecule has 0 amide bonds. The Labute approximate surface area is 98.6 Å². The largest absolute Gasteiger partial charge is 0.395 e. The van der Waals surface area contributed by atoms with E-state index in [9.17, 15) is 5.11 Å². The molecule has 1 fully saturated rings. The summed E-state index contributed by atoms with van der Waals surface area (Å²) < 4.78 is 0. The Balaban J connectivity index is 2.45. The van der Waals surface area contributed by atoms with Gasteiger partial charge in [0.1, 0.15) is 0 Å². The van der Waals surface area contributed by atoms with Crippen LogP contribution in [-0.2, 0) is 0 Å². The average Bonchev–Trinajstić information content (AvgIpc) is 2.26. The van der Waals surface area contributed by atoms with E-state index in [2.05, 4.69) is 17.1 Å². The van der Waals surface area contributed by atoms with Gasteiger partial charge in [-0.2, -0.15) is 0 Å². The highest BCUT2D eigenvalue weighted by Crippen LogP contribution is 2.20. The molecule has 1 aliphatic heterocycles. The summed E-state index contributed by atoms with van der Waals surface area (Å²) in [6.45, 7) is 8.03. The third-order valence-corrected chi connectivity index (χ3v) is 3.33. The maximum Gasteiger partial charge on any atom is 0.0556 e. The van der Waals surface area contributed by atoms with Crippen LogP contribution in [0.1, 0.15) is 26.7 Å². The molecule has 0 aromatic heterocycles. The molecule has 3 atom stereocenters. The standard InChI is InChI=1S/C12H26N2O2/c1-3-5-14-8-11(10(2)16)7-12(9-14)13-4-6-15/h10-13,15-16H,3-9H2,1-2H3. The first kappa shape index (κ1) is 13.9. The molecular weight excluding hydrogens is 204 g/mol. The lowest BCUT2D eigenvalue weighted by molar-refractivity contribution is 0.0473. The summed E-state index contributed by atoms with van der Waals surface area (Å²) in [6, 6.07) is 0.409. The summed E-state index contributed by atoms with van der Waals surface area (Å²) in [5.41, 5.74) is 0. The molecule has 1 aliphatic rings. The molecule has 0 radical (unpaired) electrons. The van der Waals surface area contributed by atoms with E-state index >= 15 is 0 Å². The third-order valence-electron chi connectivity index (χ3n) is 3.33. The minimum atomic E-state index is -0.238. The van der Waals surface area contributed by atoms with Crippen molar-refractivity contribution in [2.45, 2.75) is 38.8 Å². The fourth-order valence-corrected chi connectivity index (χ4v) is 2.50. The molecule has 0 aliphatic carbocycles. The Hall–Kier alpha value is -0.160.